The second-order valence-electron chi connectivity index (χ2n) is 7.34. The highest BCUT2D eigenvalue weighted by Crippen LogP contribution is 2.35. The van der Waals surface area contributed by atoms with Gasteiger partial charge in [-0.2, -0.15) is 0 Å². The molecule has 2 N–H and O–H groups in total. The van der Waals surface area contributed by atoms with Crippen molar-refractivity contribution in [3.8, 4) is 0 Å². The van der Waals surface area contributed by atoms with Gasteiger partial charge in [0.2, 0.25) is 11.6 Å². The van der Waals surface area contributed by atoms with Gasteiger partial charge in [0, 0.05) is 18.8 Å². The first-order valence-electron chi connectivity index (χ1n) is 10.1. The largest absolute Gasteiger partial charge is 0.466 e. The summed E-state index contributed by atoms with van der Waals surface area (Å²) >= 11 is 0. The van der Waals surface area contributed by atoms with Crippen LogP contribution in [0.2, 0.25) is 0 Å². The highest BCUT2D eigenvalue weighted by molar-refractivity contribution is 5.82. The number of piperidine rings is 1. The number of hydrogen-bond donors (Lipinski definition) is 2. The Morgan fingerprint density at radius 3 is 2.84 bits per heavy atom. The maximum Gasteiger partial charge on any atom is 0.353 e. The van der Waals surface area contributed by atoms with E-state index in [4.69, 9.17) is 4.74 Å². The molecule has 1 aliphatic heterocycles. The molecule has 1 aliphatic rings. The van der Waals surface area contributed by atoms with Crippen molar-refractivity contribution >= 4 is 40.0 Å². The third kappa shape index (κ3) is 4.25. The zero-order chi connectivity index (χ0) is 22.0. The van der Waals surface area contributed by atoms with Crippen molar-refractivity contribution in [1.29, 1.82) is 0 Å². The van der Waals surface area contributed by atoms with E-state index in [0.29, 0.717) is 38.2 Å². The van der Waals surface area contributed by atoms with Gasteiger partial charge in [0.05, 0.1) is 28.5 Å². The molecule has 2 aromatic heterocycles. The van der Waals surface area contributed by atoms with Crippen molar-refractivity contribution < 1.29 is 14.5 Å². The summed E-state index contributed by atoms with van der Waals surface area (Å²) < 4.78 is 5.09. The Morgan fingerprint density at radius 1 is 1.35 bits per heavy atom. The lowest BCUT2D eigenvalue weighted by atomic mass is 9.97. The minimum absolute atomic E-state index is 0.109. The number of fused-ring (bicyclic) bond motifs is 1. The third-order valence-electron chi connectivity index (χ3n) is 5.26. The molecule has 11 nitrogen and oxygen atoms in total. The molecular weight excluding hydrogens is 402 g/mol. The molecule has 1 aromatic carbocycles. The molecule has 0 unspecified atom stereocenters. The zero-order valence-corrected chi connectivity index (χ0v) is 17.3. The summed E-state index contributed by atoms with van der Waals surface area (Å²) in [5.41, 5.74) is 2.08. The topological polar surface area (TPSA) is 139 Å². The number of benzene rings is 1. The number of hydrogen-bond acceptors (Lipinski definition) is 9. The summed E-state index contributed by atoms with van der Waals surface area (Å²) in [7, 11) is 0. The number of H-pyrrole nitrogens is 1. The van der Waals surface area contributed by atoms with Crippen molar-refractivity contribution in [2.45, 2.75) is 26.7 Å². The zero-order valence-electron chi connectivity index (χ0n) is 17.3. The predicted molar refractivity (Wildman–Crippen MR) is 114 cm³/mol. The van der Waals surface area contributed by atoms with Crippen LogP contribution in [0.5, 0.6) is 0 Å². The highest BCUT2D eigenvalue weighted by Gasteiger charge is 2.32. The first kappa shape index (κ1) is 20.5. The number of esters is 1. The number of imidazole rings is 1. The summed E-state index contributed by atoms with van der Waals surface area (Å²) in [6.45, 7) is 4.92. The minimum atomic E-state index is -0.478. The van der Waals surface area contributed by atoms with Gasteiger partial charge in [0.1, 0.15) is 12.2 Å². The fraction of sp³-hybridized carbons (Fsp3) is 0.400. The quantitative estimate of drug-likeness (QED) is 0.346. The summed E-state index contributed by atoms with van der Waals surface area (Å²) in [5.74, 6) is 0.723. The molecule has 3 aromatic rings. The van der Waals surface area contributed by atoms with E-state index in [2.05, 4.69) is 25.3 Å². The van der Waals surface area contributed by atoms with Crippen LogP contribution >= 0.6 is 0 Å². The summed E-state index contributed by atoms with van der Waals surface area (Å²) in [6.07, 6.45) is 2.41. The van der Waals surface area contributed by atoms with Gasteiger partial charge in [-0.15, -0.1) is 0 Å². The maximum atomic E-state index is 12.0. The number of ether oxygens (including phenoxy) is 1. The van der Waals surface area contributed by atoms with Crippen LogP contribution < -0.4 is 10.2 Å². The summed E-state index contributed by atoms with van der Waals surface area (Å²) in [6, 6.07) is 5.44. The van der Waals surface area contributed by atoms with E-state index in [9.17, 15) is 14.9 Å². The van der Waals surface area contributed by atoms with Crippen LogP contribution in [-0.4, -0.2) is 50.5 Å². The molecule has 1 saturated heterocycles. The molecule has 4 rings (SSSR count). The van der Waals surface area contributed by atoms with Gasteiger partial charge in [0.25, 0.3) is 0 Å². The SMILES string of the molecule is CCOC(=O)C1CCN(c2ncnc(Nc3ccc4nc(C)[nH]c4c3)c2[N+](=O)[O-])CC1. The predicted octanol–water partition coefficient (Wildman–Crippen LogP) is 3.09. The normalized spacial score (nSPS) is 14.6. The molecule has 0 spiro atoms. The van der Waals surface area contributed by atoms with E-state index in [1.165, 1.54) is 6.33 Å². The molecule has 0 amide bonds. The Labute approximate surface area is 178 Å². The Balaban J connectivity index is 1.58. The lowest BCUT2D eigenvalue weighted by Crippen LogP contribution is -2.37. The van der Waals surface area contributed by atoms with E-state index in [0.717, 1.165) is 16.9 Å². The lowest BCUT2D eigenvalue weighted by Gasteiger charge is -2.31. The Hall–Kier alpha value is -3.76. The number of nitro groups is 1. The first-order valence-corrected chi connectivity index (χ1v) is 10.1. The third-order valence-corrected chi connectivity index (χ3v) is 5.26. The summed E-state index contributed by atoms with van der Waals surface area (Å²) in [4.78, 5) is 41.0. The average Bonchev–Trinajstić information content (AvgIpc) is 3.13. The monoisotopic (exact) mass is 425 g/mol. The Kier molecular flexibility index (Phi) is 5.65. The van der Waals surface area contributed by atoms with E-state index in [1.54, 1.807) is 13.0 Å². The van der Waals surface area contributed by atoms with Gasteiger partial charge in [0.15, 0.2) is 0 Å². The smallest absolute Gasteiger partial charge is 0.353 e. The standard InChI is InChI=1S/C20H23N7O4/c1-3-31-20(28)13-6-8-26(9-7-13)19-17(27(29)30)18(21-11-22-19)25-14-4-5-15-16(10-14)24-12(2)23-15/h4-5,10-11,13H,3,6-9H2,1-2H3,(H,23,24)(H,21,22,25). The number of carbonyl (C=O) groups is 1. The van der Waals surface area contributed by atoms with Gasteiger partial charge in [-0.1, -0.05) is 0 Å². The van der Waals surface area contributed by atoms with Crippen LogP contribution in [0.15, 0.2) is 24.5 Å². The second-order valence-corrected chi connectivity index (χ2v) is 7.34. The Morgan fingerprint density at radius 2 is 2.13 bits per heavy atom. The fourth-order valence-corrected chi connectivity index (χ4v) is 3.80. The number of nitrogens with one attached hydrogen (secondary N) is 2. The average molecular weight is 425 g/mol. The second kappa shape index (κ2) is 8.54. The van der Waals surface area contributed by atoms with Gasteiger partial charge >= 0.3 is 11.7 Å². The molecule has 0 saturated carbocycles. The van der Waals surface area contributed by atoms with Crippen molar-refractivity contribution in [2.24, 2.45) is 5.92 Å². The van der Waals surface area contributed by atoms with Crippen LogP contribution in [0.1, 0.15) is 25.6 Å². The Bertz CT molecular complexity index is 1120. The van der Waals surface area contributed by atoms with E-state index in [-0.39, 0.29) is 29.2 Å². The first-order chi connectivity index (χ1) is 15.0. The van der Waals surface area contributed by atoms with Crippen molar-refractivity contribution in [1.82, 2.24) is 19.9 Å². The molecule has 31 heavy (non-hydrogen) atoms. The number of carbonyl (C=O) groups excluding carboxylic acids is 1. The van der Waals surface area contributed by atoms with E-state index in [1.807, 2.05) is 24.0 Å². The van der Waals surface area contributed by atoms with Gasteiger partial charge in [-0.25, -0.2) is 15.0 Å². The van der Waals surface area contributed by atoms with Crippen LogP contribution in [0.4, 0.5) is 23.0 Å². The molecule has 3 heterocycles. The number of anilines is 3. The summed E-state index contributed by atoms with van der Waals surface area (Å²) in [5, 5.41) is 15.0. The van der Waals surface area contributed by atoms with Crippen molar-refractivity contribution in [2.75, 3.05) is 29.9 Å². The van der Waals surface area contributed by atoms with Gasteiger partial charge in [-0.3, -0.25) is 14.9 Å². The molecule has 0 radical (unpaired) electrons. The number of aryl methyl sites for hydroxylation is 1. The molecular formula is C20H23N7O4. The van der Waals surface area contributed by atoms with Crippen LogP contribution in [0.25, 0.3) is 11.0 Å². The van der Waals surface area contributed by atoms with Crippen molar-refractivity contribution in [3.63, 3.8) is 0 Å². The van der Waals surface area contributed by atoms with E-state index < -0.39 is 4.92 Å². The van der Waals surface area contributed by atoms with Crippen LogP contribution in [0.3, 0.4) is 0 Å². The minimum Gasteiger partial charge on any atom is -0.466 e. The molecule has 0 bridgehead atoms. The van der Waals surface area contributed by atoms with Crippen LogP contribution in [0, 0.1) is 23.0 Å². The molecule has 0 atom stereocenters. The van der Waals surface area contributed by atoms with Crippen molar-refractivity contribution in [3.05, 3.63) is 40.5 Å². The molecule has 0 aliphatic carbocycles. The van der Waals surface area contributed by atoms with Gasteiger partial charge < -0.3 is 19.9 Å². The number of rotatable bonds is 6. The highest BCUT2D eigenvalue weighted by atomic mass is 16.6. The number of aromatic amines is 1. The number of aromatic nitrogens is 4. The number of nitrogens with zero attached hydrogens (tertiary/aromatic N) is 5. The molecule has 162 valence electrons. The van der Waals surface area contributed by atoms with Gasteiger partial charge in [-0.05, 0) is 44.9 Å². The van der Waals surface area contributed by atoms with E-state index >= 15 is 0 Å². The lowest BCUT2D eigenvalue weighted by molar-refractivity contribution is -0.383. The van der Waals surface area contributed by atoms with Crippen LogP contribution in [-0.2, 0) is 9.53 Å². The fourth-order valence-electron chi connectivity index (χ4n) is 3.80. The molecule has 1 fully saturated rings. The molecule has 11 heteroatoms. The maximum absolute atomic E-state index is 12.0.